The highest BCUT2D eigenvalue weighted by Crippen LogP contribution is 2.38. The van der Waals surface area contributed by atoms with Crippen LogP contribution in [-0.4, -0.2) is 15.7 Å². The SMILES string of the molecule is CC(C(=O)Nc1ccc(F)cc1F)n1nc(C2CC2)ccc1=O. The van der Waals surface area contributed by atoms with E-state index in [-0.39, 0.29) is 5.69 Å². The molecule has 0 radical (unpaired) electrons. The lowest BCUT2D eigenvalue weighted by atomic mass is 10.2. The first kappa shape index (κ1) is 15.3. The van der Waals surface area contributed by atoms with Crippen LogP contribution in [0.15, 0.2) is 35.1 Å². The van der Waals surface area contributed by atoms with Crippen LogP contribution >= 0.6 is 0 Å². The molecular formula is C16H15F2N3O2. The number of nitrogens with zero attached hydrogens (tertiary/aromatic N) is 2. The molecule has 1 atom stereocenters. The minimum Gasteiger partial charge on any atom is -0.322 e. The molecule has 0 bridgehead atoms. The van der Waals surface area contributed by atoms with Crippen molar-refractivity contribution in [3.05, 3.63) is 58.0 Å². The summed E-state index contributed by atoms with van der Waals surface area (Å²) in [4.78, 5) is 24.1. The average Bonchev–Trinajstić information content (AvgIpc) is 3.34. The summed E-state index contributed by atoms with van der Waals surface area (Å²) < 4.78 is 27.6. The Labute approximate surface area is 130 Å². The molecule has 1 aliphatic rings. The van der Waals surface area contributed by atoms with E-state index < -0.39 is 29.1 Å². The molecule has 7 heteroatoms. The summed E-state index contributed by atoms with van der Waals surface area (Å²) >= 11 is 0. The lowest BCUT2D eigenvalue weighted by molar-refractivity contribution is -0.119. The molecule has 1 saturated carbocycles. The lowest BCUT2D eigenvalue weighted by Crippen LogP contribution is -2.33. The fourth-order valence-corrected chi connectivity index (χ4v) is 2.25. The molecule has 23 heavy (non-hydrogen) atoms. The largest absolute Gasteiger partial charge is 0.322 e. The number of hydrogen-bond donors (Lipinski definition) is 1. The first-order valence-corrected chi connectivity index (χ1v) is 7.31. The quantitative estimate of drug-likeness (QED) is 0.942. The Morgan fingerprint density at radius 2 is 2.04 bits per heavy atom. The van der Waals surface area contributed by atoms with Gasteiger partial charge in [0.25, 0.3) is 5.56 Å². The fourth-order valence-electron chi connectivity index (χ4n) is 2.25. The van der Waals surface area contributed by atoms with E-state index >= 15 is 0 Å². The Morgan fingerprint density at radius 3 is 2.70 bits per heavy atom. The number of rotatable bonds is 4. The number of anilines is 1. The summed E-state index contributed by atoms with van der Waals surface area (Å²) in [7, 11) is 0. The van der Waals surface area contributed by atoms with Crippen LogP contribution < -0.4 is 10.9 Å². The predicted molar refractivity (Wildman–Crippen MR) is 80.2 cm³/mol. The molecular weight excluding hydrogens is 304 g/mol. The van der Waals surface area contributed by atoms with Gasteiger partial charge in [0, 0.05) is 18.1 Å². The van der Waals surface area contributed by atoms with Crippen molar-refractivity contribution in [2.45, 2.75) is 31.7 Å². The minimum atomic E-state index is -0.911. The van der Waals surface area contributed by atoms with Crippen molar-refractivity contribution in [2.75, 3.05) is 5.32 Å². The molecule has 5 nitrogen and oxygen atoms in total. The van der Waals surface area contributed by atoms with Gasteiger partial charge in [0.15, 0.2) is 0 Å². The third kappa shape index (κ3) is 3.28. The number of amides is 1. The van der Waals surface area contributed by atoms with Gasteiger partial charge in [-0.05, 0) is 38.0 Å². The summed E-state index contributed by atoms with van der Waals surface area (Å²) in [6, 6.07) is 4.99. The van der Waals surface area contributed by atoms with Gasteiger partial charge in [-0.2, -0.15) is 5.10 Å². The van der Waals surface area contributed by atoms with Crippen LogP contribution in [0.3, 0.4) is 0 Å². The van der Waals surface area contributed by atoms with Crippen molar-refractivity contribution < 1.29 is 13.6 Å². The van der Waals surface area contributed by atoms with Gasteiger partial charge >= 0.3 is 0 Å². The van der Waals surface area contributed by atoms with Crippen molar-refractivity contribution in [3.63, 3.8) is 0 Å². The van der Waals surface area contributed by atoms with Crippen molar-refractivity contribution in [2.24, 2.45) is 0 Å². The number of carbonyl (C=O) groups excluding carboxylic acids is 1. The molecule has 1 heterocycles. The van der Waals surface area contributed by atoms with Crippen molar-refractivity contribution in [1.29, 1.82) is 0 Å². The highest BCUT2D eigenvalue weighted by molar-refractivity contribution is 5.93. The van der Waals surface area contributed by atoms with Crippen LogP contribution in [0.5, 0.6) is 0 Å². The third-order valence-electron chi connectivity index (χ3n) is 3.78. The molecule has 1 aliphatic carbocycles. The Morgan fingerprint density at radius 1 is 1.30 bits per heavy atom. The van der Waals surface area contributed by atoms with Crippen molar-refractivity contribution in [3.8, 4) is 0 Å². The Bertz CT molecular complexity index is 815. The van der Waals surface area contributed by atoms with Gasteiger partial charge < -0.3 is 5.32 Å². The second kappa shape index (κ2) is 5.91. The normalized spacial score (nSPS) is 15.3. The van der Waals surface area contributed by atoms with E-state index in [1.807, 2.05) is 0 Å². The standard InChI is InChI=1S/C16H15F2N3O2/c1-9(16(23)19-14-5-4-11(17)8-12(14)18)21-15(22)7-6-13(20-21)10-2-3-10/h4-10H,2-3H2,1H3,(H,19,23). The smallest absolute Gasteiger partial charge is 0.267 e. The van der Waals surface area contributed by atoms with E-state index in [1.54, 1.807) is 6.07 Å². The second-order valence-electron chi connectivity index (χ2n) is 5.60. The number of carbonyl (C=O) groups is 1. The molecule has 1 aromatic carbocycles. The zero-order valence-corrected chi connectivity index (χ0v) is 12.4. The zero-order chi connectivity index (χ0) is 16.6. The van der Waals surface area contributed by atoms with Crippen LogP contribution in [0.4, 0.5) is 14.5 Å². The highest BCUT2D eigenvalue weighted by atomic mass is 19.1. The van der Waals surface area contributed by atoms with Crippen molar-refractivity contribution >= 4 is 11.6 Å². The predicted octanol–water partition coefficient (Wildman–Crippen LogP) is 2.60. The van der Waals surface area contributed by atoms with E-state index in [0.717, 1.165) is 35.4 Å². The van der Waals surface area contributed by atoms with Gasteiger partial charge in [-0.1, -0.05) is 0 Å². The van der Waals surface area contributed by atoms with E-state index in [0.29, 0.717) is 12.0 Å². The Balaban J connectivity index is 1.82. The van der Waals surface area contributed by atoms with Crippen LogP contribution in [0.25, 0.3) is 0 Å². The maximum atomic E-state index is 13.6. The number of aromatic nitrogens is 2. The second-order valence-corrected chi connectivity index (χ2v) is 5.60. The van der Waals surface area contributed by atoms with Gasteiger partial charge in [-0.3, -0.25) is 9.59 Å². The molecule has 1 amide bonds. The molecule has 3 rings (SSSR count). The monoisotopic (exact) mass is 319 g/mol. The number of halogens is 2. The van der Waals surface area contributed by atoms with Crippen LogP contribution in [0, 0.1) is 11.6 Å². The van der Waals surface area contributed by atoms with E-state index in [9.17, 15) is 18.4 Å². The first-order chi connectivity index (χ1) is 11.0. The van der Waals surface area contributed by atoms with Gasteiger partial charge in [-0.25, -0.2) is 13.5 Å². The highest BCUT2D eigenvalue weighted by Gasteiger charge is 2.27. The number of benzene rings is 1. The average molecular weight is 319 g/mol. The molecule has 1 unspecified atom stereocenters. The molecule has 1 fully saturated rings. The lowest BCUT2D eigenvalue weighted by Gasteiger charge is -2.15. The molecule has 2 aromatic rings. The molecule has 1 N–H and O–H groups in total. The summed E-state index contributed by atoms with van der Waals surface area (Å²) in [6.45, 7) is 1.50. The summed E-state index contributed by atoms with van der Waals surface area (Å²) in [5, 5.41) is 6.57. The van der Waals surface area contributed by atoms with E-state index in [2.05, 4.69) is 10.4 Å². The molecule has 120 valence electrons. The minimum absolute atomic E-state index is 0.144. The van der Waals surface area contributed by atoms with Crippen LogP contribution in [0.1, 0.15) is 37.4 Å². The number of hydrogen-bond acceptors (Lipinski definition) is 3. The molecule has 0 aliphatic heterocycles. The van der Waals surface area contributed by atoms with Gasteiger partial charge in [0.05, 0.1) is 11.4 Å². The molecule has 0 spiro atoms. The van der Waals surface area contributed by atoms with Gasteiger partial charge in [0.1, 0.15) is 17.7 Å². The maximum Gasteiger partial charge on any atom is 0.267 e. The summed E-state index contributed by atoms with van der Waals surface area (Å²) in [5.74, 6) is -1.87. The molecule has 1 aromatic heterocycles. The first-order valence-electron chi connectivity index (χ1n) is 7.31. The fraction of sp³-hybridized carbons (Fsp3) is 0.312. The van der Waals surface area contributed by atoms with Crippen LogP contribution in [0.2, 0.25) is 0 Å². The van der Waals surface area contributed by atoms with Gasteiger partial charge in [-0.15, -0.1) is 0 Å². The third-order valence-corrected chi connectivity index (χ3v) is 3.78. The maximum absolute atomic E-state index is 13.6. The zero-order valence-electron chi connectivity index (χ0n) is 12.4. The van der Waals surface area contributed by atoms with E-state index in [1.165, 1.54) is 13.0 Å². The van der Waals surface area contributed by atoms with E-state index in [4.69, 9.17) is 0 Å². The van der Waals surface area contributed by atoms with Gasteiger partial charge in [0.2, 0.25) is 5.91 Å². The summed E-state index contributed by atoms with van der Waals surface area (Å²) in [6.07, 6.45) is 2.04. The topological polar surface area (TPSA) is 64.0 Å². The molecule has 0 saturated heterocycles. The van der Waals surface area contributed by atoms with Crippen LogP contribution in [-0.2, 0) is 4.79 Å². The number of nitrogens with one attached hydrogen (secondary N) is 1. The Kier molecular flexibility index (Phi) is 3.94. The van der Waals surface area contributed by atoms with Crippen molar-refractivity contribution in [1.82, 2.24) is 9.78 Å². The Hall–Kier alpha value is -2.57. The summed E-state index contributed by atoms with van der Waals surface area (Å²) in [5.41, 5.74) is 0.225.